The van der Waals surface area contributed by atoms with Gasteiger partial charge in [-0.3, -0.25) is 9.36 Å². The van der Waals surface area contributed by atoms with E-state index in [0.29, 0.717) is 29.8 Å². The van der Waals surface area contributed by atoms with Crippen LogP contribution in [0.5, 0.6) is 0 Å². The highest BCUT2D eigenvalue weighted by molar-refractivity contribution is 7.99. The number of rotatable bonds is 7. The van der Waals surface area contributed by atoms with Crippen molar-refractivity contribution in [3.05, 3.63) is 29.3 Å². The molecule has 146 valence electrons. The van der Waals surface area contributed by atoms with Gasteiger partial charge in [0.05, 0.1) is 18.9 Å². The minimum absolute atomic E-state index is 0.168. The number of likely N-dealkylation sites (tertiary alicyclic amines) is 1. The van der Waals surface area contributed by atoms with E-state index in [2.05, 4.69) is 17.1 Å². The van der Waals surface area contributed by atoms with Crippen molar-refractivity contribution >= 4 is 29.3 Å². The SMILES string of the molecule is COCCn1c(SCC(=O)N2CCC(C)CC2)nnc1-c1ccc(Cl)cc1. The zero-order valence-corrected chi connectivity index (χ0v) is 17.3. The summed E-state index contributed by atoms with van der Waals surface area (Å²) in [5.74, 6) is 2.01. The Morgan fingerprint density at radius 1 is 1.26 bits per heavy atom. The first-order chi connectivity index (χ1) is 13.1. The predicted octanol–water partition coefficient (Wildman–Crippen LogP) is 3.60. The third kappa shape index (κ3) is 5.24. The van der Waals surface area contributed by atoms with E-state index in [0.717, 1.165) is 42.5 Å². The first kappa shape index (κ1) is 20.2. The molecule has 8 heteroatoms. The van der Waals surface area contributed by atoms with Gasteiger partial charge in [-0.2, -0.15) is 0 Å². The van der Waals surface area contributed by atoms with E-state index < -0.39 is 0 Å². The zero-order chi connectivity index (χ0) is 19.2. The second-order valence-electron chi connectivity index (χ2n) is 6.81. The summed E-state index contributed by atoms with van der Waals surface area (Å²) in [6, 6.07) is 7.51. The molecule has 1 aliphatic heterocycles. The van der Waals surface area contributed by atoms with Gasteiger partial charge in [0.2, 0.25) is 5.91 Å². The predicted molar refractivity (Wildman–Crippen MR) is 108 cm³/mol. The summed E-state index contributed by atoms with van der Waals surface area (Å²) in [5.41, 5.74) is 0.936. The standard InChI is InChI=1S/C19H25ClN4O2S/c1-14-7-9-23(10-8-14)17(25)13-27-19-22-21-18(24(19)11-12-26-2)15-3-5-16(20)6-4-15/h3-6,14H,7-13H2,1-2H3. The second kappa shape index (κ2) is 9.57. The molecule has 2 aromatic rings. The van der Waals surface area contributed by atoms with Gasteiger partial charge in [0.25, 0.3) is 0 Å². The van der Waals surface area contributed by atoms with E-state index in [4.69, 9.17) is 16.3 Å². The number of amides is 1. The summed E-state index contributed by atoms with van der Waals surface area (Å²) in [6.45, 7) is 5.12. The Morgan fingerprint density at radius 2 is 1.96 bits per heavy atom. The number of carbonyl (C=O) groups excluding carboxylic acids is 1. The number of hydrogen-bond acceptors (Lipinski definition) is 5. The first-order valence-corrected chi connectivity index (χ1v) is 10.5. The van der Waals surface area contributed by atoms with Crippen LogP contribution in [0.15, 0.2) is 29.4 Å². The molecular weight excluding hydrogens is 384 g/mol. The van der Waals surface area contributed by atoms with Crippen LogP contribution in [0.2, 0.25) is 5.02 Å². The molecule has 0 bridgehead atoms. The summed E-state index contributed by atoms with van der Waals surface area (Å²) in [7, 11) is 1.67. The summed E-state index contributed by atoms with van der Waals surface area (Å²) in [5, 5.41) is 10.1. The van der Waals surface area contributed by atoms with Gasteiger partial charge in [-0.1, -0.05) is 30.3 Å². The normalized spacial score (nSPS) is 15.3. The molecule has 0 radical (unpaired) electrons. The average Bonchev–Trinajstić information content (AvgIpc) is 3.08. The molecule has 0 aliphatic carbocycles. The molecule has 1 saturated heterocycles. The highest BCUT2D eigenvalue weighted by Crippen LogP contribution is 2.26. The van der Waals surface area contributed by atoms with Gasteiger partial charge in [-0.15, -0.1) is 10.2 Å². The van der Waals surface area contributed by atoms with Crippen LogP contribution in [0, 0.1) is 5.92 Å². The third-order valence-corrected chi connectivity index (χ3v) is 6.00. The quantitative estimate of drug-likeness (QED) is 0.655. The molecule has 2 heterocycles. The molecule has 1 amide bonds. The van der Waals surface area contributed by atoms with Crippen LogP contribution in [0.1, 0.15) is 19.8 Å². The van der Waals surface area contributed by atoms with Crippen molar-refractivity contribution in [3.63, 3.8) is 0 Å². The molecule has 6 nitrogen and oxygen atoms in total. The molecule has 0 saturated carbocycles. The highest BCUT2D eigenvalue weighted by atomic mass is 35.5. The van der Waals surface area contributed by atoms with Crippen molar-refractivity contribution in [3.8, 4) is 11.4 Å². The van der Waals surface area contributed by atoms with Crippen molar-refractivity contribution < 1.29 is 9.53 Å². The van der Waals surface area contributed by atoms with Crippen molar-refractivity contribution in [2.75, 3.05) is 32.6 Å². The van der Waals surface area contributed by atoms with Gasteiger partial charge in [0.15, 0.2) is 11.0 Å². The van der Waals surface area contributed by atoms with Crippen molar-refractivity contribution in [2.45, 2.75) is 31.5 Å². The second-order valence-corrected chi connectivity index (χ2v) is 8.19. The molecule has 0 unspecified atom stereocenters. The Morgan fingerprint density at radius 3 is 2.63 bits per heavy atom. The Hall–Kier alpha value is -1.57. The number of carbonyl (C=O) groups is 1. The van der Waals surface area contributed by atoms with Gasteiger partial charge in [0, 0.05) is 30.8 Å². The molecule has 1 aromatic heterocycles. The fourth-order valence-corrected chi connectivity index (χ4v) is 4.06. The number of piperidine rings is 1. The summed E-state index contributed by atoms with van der Waals surface area (Å²) < 4.78 is 7.23. The monoisotopic (exact) mass is 408 g/mol. The number of hydrogen-bond donors (Lipinski definition) is 0. The number of benzene rings is 1. The molecule has 3 rings (SSSR count). The fourth-order valence-electron chi connectivity index (χ4n) is 3.07. The van der Waals surface area contributed by atoms with E-state index >= 15 is 0 Å². The van der Waals surface area contributed by atoms with Gasteiger partial charge in [0.1, 0.15) is 0 Å². The fraction of sp³-hybridized carbons (Fsp3) is 0.526. The Bertz CT molecular complexity index is 758. The maximum atomic E-state index is 12.5. The minimum Gasteiger partial charge on any atom is -0.383 e. The summed E-state index contributed by atoms with van der Waals surface area (Å²) >= 11 is 7.42. The average molecular weight is 409 g/mol. The van der Waals surface area contributed by atoms with E-state index in [9.17, 15) is 4.79 Å². The maximum Gasteiger partial charge on any atom is 0.233 e. The lowest BCUT2D eigenvalue weighted by Gasteiger charge is -2.30. The zero-order valence-electron chi connectivity index (χ0n) is 15.7. The van der Waals surface area contributed by atoms with Gasteiger partial charge < -0.3 is 9.64 Å². The highest BCUT2D eigenvalue weighted by Gasteiger charge is 2.22. The molecule has 1 aliphatic rings. The lowest BCUT2D eigenvalue weighted by atomic mass is 9.99. The van der Waals surface area contributed by atoms with E-state index in [1.165, 1.54) is 11.8 Å². The smallest absolute Gasteiger partial charge is 0.233 e. The molecular formula is C19H25ClN4O2S. The summed E-state index contributed by atoms with van der Waals surface area (Å²) in [4.78, 5) is 14.5. The van der Waals surface area contributed by atoms with Gasteiger partial charge >= 0.3 is 0 Å². The van der Waals surface area contributed by atoms with Gasteiger partial charge in [-0.05, 0) is 43.0 Å². The number of methoxy groups -OCH3 is 1. The lowest BCUT2D eigenvalue weighted by molar-refractivity contribution is -0.129. The van der Waals surface area contributed by atoms with E-state index in [1.54, 1.807) is 7.11 Å². The van der Waals surface area contributed by atoms with Crippen LogP contribution in [0.25, 0.3) is 11.4 Å². The Labute approximate surface area is 169 Å². The molecule has 0 atom stereocenters. The third-order valence-electron chi connectivity index (χ3n) is 4.80. The van der Waals surface area contributed by atoms with Crippen molar-refractivity contribution in [1.29, 1.82) is 0 Å². The van der Waals surface area contributed by atoms with Crippen molar-refractivity contribution in [1.82, 2.24) is 19.7 Å². The van der Waals surface area contributed by atoms with Crippen LogP contribution < -0.4 is 0 Å². The maximum absolute atomic E-state index is 12.5. The molecule has 0 N–H and O–H groups in total. The van der Waals surface area contributed by atoms with Gasteiger partial charge in [-0.25, -0.2) is 0 Å². The van der Waals surface area contributed by atoms with Crippen LogP contribution in [0.4, 0.5) is 0 Å². The van der Waals surface area contributed by atoms with E-state index in [1.807, 2.05) is 33.7 Å². The number of aromatic nitrogens is 3. The number of nitrogens with zero attached hydrogens (tertiary/aromatic N) is 4. The summed E-state index contributed by atoms with van der Waals surface area (Å²) in [6.07, 6.45) is 2.17. The van der Waals surface area contributed by atoms with E-state index in [-0.39, 0.29) is 5.91 Å². The van der Waals surface area contributed by atoms with Crippen LogP contribution in [-0.2, 0) is 16.1 Å². The van der Waals surface area contributed by atoms with Crippen molar-refractivity contribution in [2.24, 2.45) is 5.92 Å². The Balaban J connectivity index is 1.70. The topological polar surface area (TPSA) is 60.2 Å². The Kier molecular flexibility index (Phi) is 7.15. The molecule has 27 heavy (non-hydrogen) atoms. The molecule has 1 aromatic carbocycles. The largest absolute Gasteiger partial charge is 0.383 e. The number of ether oxygens (including phenoxy) is 1. The first-order valence-electron chi connectivity index (χ1n) is 9.17. The number of thioether (sulfide) groups is 1. The van der Waals surface area contributed by atoms with Crippen LogP contribution >= 0.6 is 23.4 Å². The lowest BCUT2D eigenvalue weighted by Crippen LogP contribution is -2.38. The molecule has 0 spiro atoms. The van der Waals surface area contributed by atoms with Crippen LogP contribution in [-0.4, -0.2) is 58.1 Å². The molecule has 1 fully saturated rings. The number of halogens is 1. The minimum atomic E-state index is 0.168. The van der Waals surface area contributed by atoms with Crippen LogP contribution in [0.3, 0.4) is 0 Å².